The van der Waals surface area contributed by atoms with Gasteiger partial charge in [0.25, 0.3) is 0 Å². The lowest BCUT2D eigenvalue weighted by atomic mass is 9.79. The van der Waals surface area contributed by atoms with Crippen LogP contribution in [0.5, 0.6) is 5.75 Å². The van der Waals surface area contributed by atoms with E-state index in [2.05, 4.69) is 0 Å². The van der Waals surface area contributed by atoms with Gasteiger partial charge in [-0.25, -0.2) is 4.39 Å². The van der Waals surface area contributed by atoms with Crippen LogP contribution in [0.3, 0.4) is 0 Å². The van der Waals surface area contributed by atoms with Crippen LogP contribution in [0.15, 0.2) is 18.2 Å². The summed E-state index contributed by atoms with van der Waals surface area (Å²) < 4.78 is 23.6. The molecular weight excluding hydrogens is 238 g/mol. The van der Waals surface area contributed by atoms with Gasteiger partial charge in [-0.3, -0.25) is 0 Å². The van der Waals surface area contributed by atoms with E-state index in [0.717, 1.165) is 6.07 Å². The molecule has 0 radical (unpaired) electrons. The van der Waals surface area contributed by atoms with Crippen LogP contribution in [-0.2, 0) is 4.74 Å². The van der Waals surface area contributed by atoms with Gasteiger partial charge in [0.15, 0.2) is 0 Å². The molecule has 4 nitrogen and oxygen atoms in total. The Kier molecular flexibility index (Phi) is 6.11. The maximum Gasteiger partial charge on any atom is 0.492 e. The van der Waals surface area contributed by atoms with Crippen molar-refractivity contribution in [3.8, 4) is 5.75 Å². The van der Waals surface area contributed by atoms with Gasteiger partial charge in [0.2, 0.25) is 0 Å². The van der Waals surface area contributed by atoms with E-state index >= 15 is 0 Å². The fraction of sp³-hybridized carbons (Fsp3) is 0.500. The summed E-state index contributed by atoms with van der Waals surface area (Å²) in [7, 11) is -1.76. The lowest BCUT2D eigenvalue weighted by molar-refractivity contribution is 0.0821. The number of hydrogen-bond acceptors (Lipinski definition) is 4. The molecule has 0 aromatic heterocycles. The maximum absolute atomic E-state index is 12.9. The van der Waals surface area contributed by atoms with E-state index in [0.29, 0.717) is 19.1 Å². The van der Waals surface area contributed by atoms with Crippen LogP contribution in [0, 0.1) is 11.7 Å². The summed E-state index contributed by atoms with van der Waals surface area (Å²) in [5, 5.41) is 18.2. The van der Waals surface area contributed by atoms with Gasteiger partial charge in [0.1, 0.15) is 18.2 Å². The van der Waals surface area contributed by atoms with Crippen molar-refractivity contribution in [1.82, 2.24) is 0 Å². The van der Waals surface area contributed by atoms with Crippen molar-refractivity contribution in [3.05, 3.63) is 24.0 Å². The second-order valence-corrected chi connectivity index (χ2v) is 4.37. The van der Waals surface area contributed by atoms with E-state index in [1.54, 1.807) is 0 Å². The van der Waals surface area contributed by atoms with Gasteiger partial charge < -0.3 is 19.5 Å². The monoisotopic (exact) mass is 256 g/mol. The van der Waals surface area contributed by atoms with Crippen molar-refractivity contribution in [1.29, 1.82) is 0 Å². The molecule has 6 heteroatoms. The van der Waals surface area contributed by atoms with Crippen LogP contribution >= 0.6 is 0 Å². The summed E-state index contributed by atoms with van der Waals surface area (Å²) in [6.45, 7) is 5.40. The zero-order valence-corrected chi connectivity index (χ0v) is 10.6. The first kappa shape index (κ1) is 15.0. The minimum Gasteiger partial charge on any atom is -0.492 e. The standard InChI is InChI=1S/C12H18BFO4/c1-9(2)8-17-5-6-18-12-4-3-10(14)7-11(12)13(15)16/h3-4,7,9,15-16H,5-6,8H2,1-2H3. The molecule has 0 saturated heterocycles. The third kappa shape index (κ3) is 5.04. The van der Waals surface area contributed by atoms with E-state index in [1.807, 2.05) is 13.8 Å². The van der Waals surface area contributed by atoms with Crippen LogP contribution in [-0.4, -0.2) is 37.0 Å². The maximum atomic E-state index is 12.9. The van der Waals surface area contributed by atoms with Gasteiger partial charge in [0.05, 0.1) is 6.61 Å². The average molecular weight is 256 g/mol. The van der Waals surface area contributed by atoms with Gasteiger partial charge in [0, 0.05) is 12.1 Å². The van der Waals surface area contributed by atoms with Gasteiger partial charge in [-0.1, -0.05) is 13.8 Å². The number of rotatable bonds is 7. The van der Waals surface area contributed by atoms with Gasteiger partial charge in [-0.15, -0.1) is 0 Å². The highest BCUT2D eigenvalue weighted by Gasteiger charge is 2.18. The Morgan fingerprint density at radius 1 is 1.28 bits per heavy atom. The SMILES string of the molecule is CC(C)COCCOc1ccc(F)cc1B(O)O. The lowest BCUT2D eigenvalue weighted by Crippen LogP contribution is -2.32. The van der Waals surface area contributed by atoms with Crippen molar-refractivity contribution >= 4 is 12.6 Å². The van der Waals surface area contributed by atoms with E-state index in [-0.39, 0.29) is 17.8 Å². The molecule has 0 fully saturated rings. The Morgan fingerprint density at radius 3 is 2.61 bits per heavy atom. The van der Waals surface area contributed by atoms with E-state index in [4.69, 9.17) is 19.5 Å². The molecule has 0 aliphatic rings. The van der Waals surface area contributed by atoms with E-state index in [1.165, 1.54) is 12.1 Å². The minimum atomic E-state index is -1.76. The van der Waals surface area contributed by atoms with Crippen LogP contribution in [0.2, 0.25) is 0 Å². The van der Waals surface area contributed by atoms with E-state index in [9.17, 15) is 4.39 Å². The van der Waals surface area contributed by atoms with Crippen molar-refractivity contribution in [3.63, 3.8) is 0 Å². The third-order valence-electron chi connectivity index (χ3n) is 2.19. The molecule has 0 unspecified atom stereocenters. The summed E-state index contributed by atoms with van der Waals surface area (Å²) in [5.74, 6) is 0.159. The van der Waals surface area contributed by atoms with Crippen LogP contribution < -0.4 is 10.2 Å². The Hall–Kier alpha value is -1.11. The summed E-state index contributed by atoms with van der Waals surface area (Å²) >= 11 is 0. The highest BCUT2D eigenvalue weighted by atomic mass is 19.1. The van der Waals surface area contributed by atoms with Crippen molar-refractivity contribution in [2.45, 2.75) is 13.8 Å². The van der Waals surface area contributed by atoms with Crippen molar-refractivity contribution in [2.75, 3.05) is 19.8 Å². The summed E-state index contributed by atoms with van der Waals surface area (Å²) in [6.07, 6.45) is 0. The molecule has 0 atom stereocenters. The molecule has 0 spiro atoms. The van der Waals surface area contributed by atoms with E-state index < -0.39 is 12.9 Å². The highest BCUT2D eigenvalue weighted by molar-refractivity contribution is 6.59. The first-order chi connectivity index (χ1) is 8.50. The lowest BCUT2D eigenvalue weighted by Gasteiger charge is -2.12. The summed E-state index contributed by atoms with van der Waals surface area (Å²) in [6, 6.07) is 3.61. The smallest absolute Gasteiger partial charge is 0.492 e. The van der Waals surface area contributed by atoms with Crippen molar-refractivity contribution < 1.29 is 23.9 Å². The third-order valence-corrected chi connectivity index (χ3v) is 2.19. The molecule has 1 rings (SSSR count). The van der Waals surface area contributed by atoms with Crippen LogP contribution in [0.1, 0.15) is 13.8 Å². The fourth-order valence-electron chi connectivity index (χ4n) is 1.38. The van der Waals surface area contributed by atoms with Crippen LogP contribution in [0.4, 0.5) is 4.39 Å². The summed E-state index contributed by atoms with van der Waals surface area (Å²) in [4.78, 5) is 0. The minimum absolute atomic E-state index is 0.0128. The highest BCUT2D eigenvalue weighted by Crippen LogP contribution is 2.09. The number of hydrogen-bond donors (Lipinski definition) is 2. The fourth-order valence-corrected chi connectivity index (χ4v) is 1.38. The first-order valence-corrected chi connectivity index (χ1v) is 5.87. The molecule has 1 aromatic rings. The zero-order valence-electron chi connectivity index (χ0n) is 10.6. The van der Waals surface area contributed by atoms with Gasteiger partial charge >= 0.3 is 7.12 Å². The predicted octanol–water partition coefficient (Wildman–Crippen LogP) is 0.557. The Labute approximate surface area is 106 Å². The normalized spacial score (nSPS) is 10.8. The number of ether oxygens (including phenoxy) is 2. The largest absolute Gasteiger partial charge is 0.492 e. The van der Waals surface area contributed by atoms with Crippen molar-refractivity contribution in [2.24, 2.45) is 5.92 Å². The van der Waals surface area contributed by atoms with Gasteiger partial charge in [-0.2, -0.15) is 0 Å². The molecule has 100 valence electrons. The molecule has 18 heavy (non-hydrogen) atoms. The topological polar surface area (TPSA) is 58.9 Å². The molecule has 0 amide bonds. The van der Waals surface area contributed by atoms with Gasteiger partial charge in [-0.05, 0) is 24.1 Å². The molecule has 0 heterocycles. The second-order valence-electron chi connectivity index (χ2n) is 4.37. The molecule has 0 aliphatic heterocycles. The molecule has 2 N–H and O–H groups in total. The number of benzene rings is 1. The second kappa shape index (κ2) is 7.36. The summed E-state index contributed by atoms with van der Waals surface area (Å²) in [5.41, 5.74) is 0.0128. The predicted molar refractivity (Wildman–Crippen MR) is 67.4 cm³/mol. The molecule has 1 aromatic carbocycles. The molecule has 0 aliphatic carbocycles. The quantitative estimate of drug-likeness (QED) is 0.552. The number of halogens is 1. The Balaban J connectivity index is 2.46. The average Bonchev–Trinajstić information content (AvgIpc) is 2.29. The molecule has 0 bridgehead atoms. The van der Waals surface area contributed by atoms with Crippen LogP contribution in [0.25, 0.3) is 0 Å². The molecular formula is C12H18BFO4. The Bertz CT molecular complexity index is 371. The Morgan fingerprint density at radius 2 is 2.00 bits per heavy atom. The zero-order chi connectivity index (χ0) is 13.5. The molecule has 0 saturated carbocycles. The first-order valence-electron chi connectivity index (χ1n) is 5.87.